The molecule has 2 rings (SSSR count). The summed E-state index contributed by atoms with van der Waals surface area (Å²) in [5.41, 5.74) is 0.946. The summed E-state index contributed by atoms with van der Waals surface area (Å²) in [6.45, 7) is 11.2. The lowest BCUT2D eigenvalue weighted by Crippen LogP contribution is -2.07. The Labute approximate surface area is 109 Å². The molecule has 0 bridgehead atoms. The van der Waals surface area contributed by atoms with Crippen molar-refractivity contribution in [2.75, 3.05) is 6.61 Å². The molecular formula is C16H22O2. The first kappa shape index (κ1) is 13.1. The number of hydrogen-bond acceptors (Lipinski definition) is 2. The third-order valence-corrected chi connectivity index (χ3v) is 4.71. The lowest BCUT2D eigenvalue weighted by molar-refractivity contribution is 0.0944. The van der Waals surface area contributed by atoms with Crippen LogP contribution in [0.5, 0.6) is 5.75 Å². The fourth-order valence-corrected chi connectivity index (χ4v) is 2.92. The van der Waals surface area contributed by atoms with E-state index in [2.05, 4.69) is 27.7 Å². The predicted octanol–water partition coefficient (Wildman–Crippen LogP) is 3.95. The summed E-state index contributed by atoms with van der Waals surface area (Å²) in [5.74, 6) is 1.13. The Kier molecular flexibility index (Phi) is 3.00. The summed E-state index contributed by atoms with van der Waals surface area (Å²) < 4.78 is 5.45. The van der Waals surface area contributed by atoms with Crippen LogP contribution in [0.4, 0.5) is 0 Å². The van der Waals surface area contributed by atoms with E-state index in [9.17, 15) is 4.79 Å². The number of carbonyl (C=O) groups is 1. The Balaban J connectivity index is 2.23. The van der Waals surface area contributed by atoms with E-state index in [0.717, 1.165) is 11.3 Å². The largest absolute Gasteiger partial charge is 0.494 e. The lowest BCUT2D eigenvalue weighted by atomic mass is 10.0. The molecule has 1 saturated carbocycles. The van der Waals surface area contributed by atoms with Gasteiger partial charge in [-0.25, -0.2) is 0 Å². The highest BCUT2D eigenvalue weighted by molar-refractivity contribution is 6.01. The third kappa shape index (κ3) is 1.84. The zero-order valence-corrected chi connectivity index (χ0v) is 11.9. The Bertz CT molecular complexity index is 458. The topological polar surface area (TPSA) is 26.3 Å². The molecule has 0 aromatic heterocycles. The molecule has 1 aromatic rings. The Morgan fingerprint density at radius 1 is 1.22 bits per heavy atom. The van der Waals surface area contributed by atoms with Gasteiger partial charge in [0.15, 0.2) is 5.78 Å². The molecule has 0 amide bonds. The maximum atomic E-state index is 12.5. The van der Waals surface area contributed by atoms with Crippen LogP contribution in [0, 0.1) is 16.7 Å². The highest BCUT2D eigenvalue weighted by Gasteiger charge is 2.67. The second kappa shape index (κ2) is 4.11. The van der Waals surface area contributed by atoms with E-state index in [0.29, 0.717) is 6.61 Å². The molecule has 0 heterocycles. The Hall–Kier alpha value is -1.31. The molecule has 0 atom stereocenters. The van der Waals surface area contributed by atoms with Crippen molar-refractivity contribution >= 4 is 5.78 Å². The zero-order valence-electron chi connectivity index (χ0n) is 11.9. The minimum Gasteiger partial charge on any atom is -0.494 e. The van der Waals surface area contributed by atoms with Crippen LogP contribution in [0.3, 0.4) is 0 Å². The third-order valence-electron chi connectivity index (χ3n) is 4.71. The van der Waals surface area contributed by atoms with Gasteiger partial charge in [0.2, 0.25) is 0 Å². The molecule has 2 heteroatoms. The summed E-state index contributed by atoms with van der Waals surface area (Å²) in [5, 5.41) is 0. The van der Waals surface area contributed by atoms with Crippen molar-refractivity contribution in [2.24, 2.45) is 16.7 Å². The van der Waals surface area contributed by atoms with Crippen molar-refractivity contribution in [3.8, 4) is 5.75 Å². The highest BCUT2D eigenvalue weighted by atomic mass is 16.5. The molecule has 98 valence electrons. The molecule has 0 radical (unpaired) electrons. The van der Waals surface area contributed by atoms with Crippen molar-refractivity contribution in [3.63, 3.8) is 0 Å². The average molecular weight is 246 g/mol. The normalized spacial score (nSPS) is 20.5. The quantitative estimate of drug-likeness (QED) is 0.752. The summed E-state index contributed by atoms with van der Waals surface area (Å²) >= 11 is 0. The maximum absolute atomic E-state index is 12.5. The molecule has 18 heavy (non-hydrogen) atoms. The first-order valence-electron chi connectivity index (χ1n) is 6.59. The van der Waals surface area contributed by atoms with E-state index >= 15 is 0 Å². The second-order valence-electron chi connectivity index (χ2n) is 6.20. The van der Waals surface area contributed by atoms with Crippen LogP contribution in [0.25, 0.3) is 0 Å². The van der Waals surface area contributed by atoms with Crippen molar-refractivity contribution in [2.45, 2.75) is 34.6 Å². The molecule has 0 aliphatic heterocycles. The molecule has 0 spiro atoms. The van der Waals surface area contributed by atoms with Crippen molar-refractivity contribution in [1.29, 1.82) is 0 Å². The Morgan fingerprint density at radius 3 is 2.33 bits per heavy atom. The molecule has 0 unspecified atom stereocenters. The molecule has 1 aromatic carbocycles. The molecule has 0 saturated heterocycles. The van der Waals surface area contributed by atoms with Gasteiger partial charge < -0.3 is 4.74 Å². The van der Waals surface area contributed by atoms with E-state index in [4.69, 9.17) is 4.74 Å². The minimum atomic E-state index is 0.0890. The van der Waals surface area contributed by atoms with Crippen LogP contribution in [0.1, 0.15) is 45.0 Å². The second-order valence-corrected chi connectivity index (χ2v) is 6.20. The van der Waals surface area contributed by atoms with E-state index in [1.165, 1.54) is 0 Å². The monoisotopic (exact) mass is 246 g/mol. The fraction of sp³-hybridized carbons (Fsp3) is 0.562. The number of ketones is 1. The van der Waals surface area contributed by atoms with E-state index < -0.39 is 0 Å². The van der Waals surface area contributed by atoms with Gasteiger partial charge in [-0.2, -0.15) is 0 Å². The standard InChI is InChI=1S/C16H22O2/c1-6-18-12-9-7-8-11(10-12)13(17)14-15(2,3)16(14,4)5/h7-10,14H,6H2,1-5H3. The van der Waals surface area contributed by atoms with Gasteiger partial charge in [-0.15, -0.1) is 0 Å². The number of hydrogen-bond donors (Lipinski definition) is 0. The number of ether oxygens (including phenoxy) is 1. The van der Waals surface area contributed by atoms with Gasteiger partial charge in [0.1, 0.15) is 5.75 Å². The zero-order chi connectivity index (χ0) is 13.6. The summed E-state index contributed by atoms with van der Waals surface area (Å²) in [6.07, 6.45) is 0. The van der Waals surface area contributed by atoms with E-state index in [-0.39, 0.29) is 22.5 Å². The lowest BCUT2D eigenvalue weighted by Gasteiger charge is -2.06. The molecular weight excluding hydrogens is 224 g/mol. The average Bonchev–Trinajstić information content (AvgIpc) is 2.69. The molecule has 0 N–H and O–H groups in total. The SMILES string of the molecule is CCOc1cccc(C(=O)C2C(C)(C)C2(C)C)c1. The smallest absolute Gasteiger partial charge is 0.167 e. The first-order chi connectivity index (χ1) is 8.32. The highest BCUT2D eigenvalue weighted by Crippen LogP contribution is 2.69. The predicted molar refractivity (Wildman–Crippen MR) is 73.0 cm³/mol. The maximum Gasteiger partial charge on any atom is 0.167 e. The van der Waals surface area contributed by atoms with E-state index in [1.54, 1.807) is 0 Å². The molecule has 1 aliphatic carbocycles. The number of Topliss-reactive ketones (excluding diaryl/α,β-unsaturated/α-hetero) is 1. The van der Waals surface area contributed by atoms with Crippen molar-refractivity contribution < 1.29 is 9.53 Å². The van der Waals surface area contributed by atoms with Crippen LogP contribution in [-0.4, -0.2) is 12.4 Å². The van der Waals surface area contributed by atoms with Gasteiger partial charge >= 0.3 is 0 Å². The van der Waals surface area contributed by atoms with Gasteiger partial charge in [-0.1, -0.05) is 39.8 Å². The summed E-state index contributed by atoms with van der Waals surface area (Å²) in [4.78, 5) is 12.5. The Morgan fingerprint density at radius 2 is 1.83 bits per heavy atom. The number of carbonyl (C=O) groups excluding carboxylic acids is 1. The van der Waals surface area contributed by atoms with Gasteiger partial charge in [0.05, 0.1) is 6.61 Å². The summed E-state index contributed by atoms with van der Waals surface area (Å²) in [6, 6.07) is 7.52. The fourth-order valence-electron chi connectivity index (χ4n) is 2.92. The number of rotatable bonds is 4. The van der Waals surface area contributed by atoms with Gasteiger partial charge in [0.25, 0.3) is 0 Å². The minimum absolute atomic E-state index is 0.0890. The first-order valence-corrected chi connectivity index (χ1v) is 6.59. The molecule has 2 nitrogen and oxygen atoms in total. The van der Waals surface area contributed by atoms with Gasteiger partial charge in [-0.05, 0) is 29.9 Å². The van der Waals surface area contributed by atoms with Gasteiger partial charge in [-0.3, -0.25) is 4.79 Å². The van der Waals surface area contributed by atoms with Crippen molar-refractivity contribution in [1.82, 2.24) is 0 Å². The van der Waals surface area contributed by atoms with E-state index in [1.807, 2.05) is 31.2 Å². The van der Waals surface area contributed by atoms with Crippen LogP contribution in [0.2, 0.25) is 0 Å². The molecule has 1 aliphatic rings. The van der Waals surface area contributed by atoms with Crippen LogP contribution >= 0.6 is 0 Å². The van der Waals surface area contributed by atoms with Gasteiger partial charge in [0, 0.05) is 11.5 Å². The molecule has 1 fully saturated rings. The van der Waals surface area contributed by atoms with Crippen molar-refractivity contribution in [3.05, 3.63) is 29.8 Å². The van der Waals surface area contributed by atoms with Crippen LogP contribution < -0.4 is 4.74 Å². The van der Waals surface area contributed by atoms with Crippen LogP contribution in [-0.2, 0) is 0 Å². The number of benzene rings is 1. The van der Waals surface area contributed by atoms with Crippen LogP contribution in [0.15, 0.2) is 24.3 Å². The summed E-state index contributed by atoms with van der Waals surface area (Å²) in [7, 11) is 0.